The predicted molar refractivity (Wildman–Crippen MR) is 136 cm³/mol. The maximum absolute atomic E-state index is 13.7. The lowest BCUT2D eigenvalue weighted by Crippen LogP contribution is -2.41. The molecule has 0 aromatic heterocycles. The van der Waals surface area contributed by atoms with Gasteiger partial charge in [0.05, 0.1) is 23.2 Å². The molecule has 3 aromatic rings. The topological polar surface area (TPSA) is 75.7 Å². The summed E-state index contributed by atoms with van der Waals surface area (Å²) in [5.41, 5.74) is 4.52. The minimum atomic E-state index is -4.03. The van der Waals surface area contributed by atoms with E-state index in [4.69, 9.17) is 4.74 Å². The molecule has 0 saturated heterocycles. The van der Waals surface area contributed by atoms with Crippen LogP contribution >= 0.6 is 0 Å². The first-order chi connectivity index (χ1) is 16.1. The molecule has 0 fully saturated rings. The molecule has 0 bridgehead atoms. The van der Waals surface area contributed by atoms with Gasteiger partial charge in [-0.3, -0.25) is 9.10 Å². The van der Waals surface area contributed by atoms with Gasteiger partial charge in [-0.15, -0.1) is 0 Å². The first-order valence-electron chi connectivity index (χ1n) is 11.3. The highest BCUT2D eigenvalue weighted by Gasteiger charge is 2.29. The second-order valence-corrected chi connectivity index (χ2v) is 10.2. The summed E-state index contributed by atoms with van der Waals surface area (Å²) in [6.07, 6.45) is 0. The van der Waals surface area contributed by atoms with Crippen LogP contribution in [-0.2, 0) is 14.8 Å². The van der Waals surface area contributed by atoms with E-state index in [1.54, 1.807) is 48.5 Å². The van der Waals surface area contributed by atoms with E-state index >= 15 is 0 Å². The molecule has 1 atom stereocenters. The SMILES string of the molecule is CCOc1ccccc1N(CC(=O)NC(C)c1ccc(C)c(C)c1)S(=O)(=O)c1ccc(C)cc1. The van der Waals surface area contributed by atoms with Crippen molar-refractivity contribution < 1.29 is 17.9 Å². The van der Waals surface area contributed by atoms with Crippen LogP contribution in [0.15, 0.2) is 71.6 Å². The van der Waals surface area contributed by atoms with Gasteiger partial charge in [0, 0.05) is 0 Å². The van der Waals surface area contributed by atoms with Crippen molar-refractivity contribution in [1.82, 2.24) is 5.32 Å². The Morgan fingerprint density at radius 1 is 0.971 bits per heavy atom. The molecule has 3 rings (SSSR count). The zero-order valence-corrected chi connectivity index (χ0v) is 21.1. The third kappa shape index (κ3) is 5.78. The van der Waals surface area contributed by atoms with E-state index in [9.17, 15) is 13.2 Å². The molecule has 1 amide bonds. The number of para-hydroxylation sites is 2. The van der Waals surface area contributed by atoms with E-state index in [2.05, 4.69) is 5.32 Å². The lowest BCUT2D eigenvalue weighted by Gasteiger charge is -2.27. The number of aryl methyl sites for hydroxylation is 3. The summed E-state index contributed by atoms with van der Waals surface area (Å²) in [5.74, 6) is -0.0107. The highest BCUT2D eigenvalue weighted by atomic mass is 32.2. The Bertz CT molecular complexity index is 1250. The molecule has 0 aliphatic rings. The van der Waals surface area contributed by atoms with E-state index in [-0.39, 0.29) is 17.5 Å². The van der Waals surface area contributed by atoms with Crippen LogP contribution in [0.1, 0.15) is 42.1 Å². The van der Waals surface area contributed by atoms with Crippen molar-refractivity contribution in [2.45, 2.75) is 45.6 Å². The number of nitrogens with zero attached hydrogens (tertiary/aromatic N) is 1. The van der Waals surface area contributed by atoms with Crippen molar-refractivity contribution in [3.63, 3.8) is 0 Å². The number of rotatable bonds is 9. The zero-order valence-electron chi connectivity index (χ0n) is 20.3. The zero-order chi connectivity index (χ0) is 24.9. The minimum absolute atomic E-state index is 0.111. The molecule has 180 valence electrons. The van der Waals surface area contributed by atoms with Gasteiger partial charge in [0.15, 0.2) is 0 Å². The van der Waals surface area contributed by atoms with Gasteiger partial charge in [0.1, 0.15) is 12.3 Å². The van der Waals surface area contributed by atoms with Crippen LogP contribution in [0.5, 0.6) is 5.75 Å². The predicted octanol–water partition coefficient (Wildman–Crippen LogP) is 5.08. The maximum atomic E-state index is 13.7. The number of ether oxygens (including phenoxy) is 1. The molecule has 7 heteroatoms. The monoisotopic (exact) mass is 480 g/mol. The molecule has 3 aromatic carbocycles. The molecule has 0 spiro atoms. The average Bonchev–Trinajstić information content (AvgIpc) is 2.80. The average molecular weight is 481 g/mol. The Morgan fingerprint density at radius 2 is 1.65 bits per heavy atom. The molecule has 0 aliphatic carbocycles. The number of nitrogens with one attached hydrogen (secondary N) is 1. The Hall–Kier alpha value is -3.32. The molecule has 0 radical (unpaired) electrons. The number of carbonyl (C=O) groups is 1. The molecule has 1 N–H and O–H groups in total. The normalized spacial score (nSPS) is 12.1. The maximum Gasteiger partial charge on any atom is 0.264 e. The van der Waals surface area contributed by atoms with Crippen molar-refractivity contribution in [1.29, 1.82) is 0 Å². The lowest BCUT2D eigenvalue weighted by molar-refractivity contribution is -0.120. The van der Waals surface area contributed by atoms with Crippen LogP contribution in [0.3, 0.4) is 0 Å². The molecule has 0 saturated carbocycles. The number of hydrogen-bond donors (Lipinski definition) is 1. The third-order valence-electron chi connectivity index (χ3n) is 5.74. The standard InChI is InChI=1S/C27H32N2O4S/c1-6-33-26-10-8-7-9-25(26)29(34(31,32)24-15-11-19(2)12-16-24)18-27(30)28-22(5)23-14-13-20(3)21(4)17-23/h7-17,22H,6,18H2,1-5H3,(H,28,30). The fourth-order valence-electron chi connectivity index (χ4n) is 3.61. The molecular weight excluding hydrogens is 448 g/mol. The van der Waals surface area contributed by atoms with Gasteiger partial charge in [-0.25, -0.2) is 8.42 Å². The van der Waals surface area contributed by atoms with Gasteiger partial charge in [-0.2, -0.15) is 0 Å². The lowest BCUT2D eigenvalue weighted by atomic mass is 10.0. The van der Waals surface area contributed by atoms with Gasteiger partial charge in [0.2, 0.25) is 5.91 Å². The van der Waals surface area contributed by atoms with Crippen LogP contribution < -0.4 is 14.4 Å². The second-order valence-electron chi connectivity index (χ2n) is 8.36. The molecule has 0 heterocycles. The Labute approximate surface area is 202 Å². The van der Waals surface area contributed by atoms with Crippen LogP contribution in [0.25, 0.3) is 0 Å². The largest absolute Gasteiger partial charge is 0.492 e. The number of amides is 1. The van der Waals surface area contributed by atoms with Crippen LogP contribution in [0, 0.1) is 20.8 Å². The molecular formula is C27H32N2O4S. The van der Waals surface area contributed by atoms with E-state index in [0.29, 0.717) is 18.0 Å². The molecule has 1 unspecified atom stereocenters. The quantitative estimate of drug-likeness (QED) is 0.463. The van der Waals surface area contributed by atoms with Crippen LogP contribution in [-0.4, -0.2) is 27.5 Å². The third-order valence-corrected chi connectivity index (χ3v) is 7.51. The summed E-state index contributed by atoms with van der Waals surface area (Å²) in [6.45, 7) is 9.64. The molecule has 6 nitrogen and oxygen atoms in total. The van der Waals surface area contributed by atoms with E-state index in [1.165, 1.54) is 5.56 Å². The first kappa shape index (κ1) is 25.3. The first-order valence-corrected chi connectivity index (χ1v) is 12.7. The van der Waals surface area contributed by atoms with Gasteiger partial charge in [-0.05, 0) is 75.6 Å². The van der Waals surface area contributed by atoms with Crippen molar-refractivity contribution in [2.75, 3.05) is 17.5 Å². The van der Waals surface area contributed by atoms with Gasteiger partial charge >= 0.3 is 0 Å². The highest BCUT2D eigenvalue weighted by molar-refractivity contribution is 7.92. The van der Waals surface area contributed by atoms with Crippen LogP contribution in [0.4, 0.5) is 5.69 Å². The molecule has 0 aliphatic heterocycles. The Morgan fingerprint density at radius 3 is 2.29 bits per heavy atom. The Kier molecular flexibility index (Phi) is 7.99. The summed E-state index contributed by atoms with van der Waals surface area (Å²) in [6, 6.07) is 19.2. The van der Waals surface area contributed by atoms with Crippen molar-refractivity contribution in [2.24, 2.45) is 0 Å². The summed E-state index contributed by atoms with van der Waals surface area (Å²) in [5, 5.41) is 2.94. The number of benzene rings is 3. The number of hydrogen-bond acceptors (Lipinski definition) is 4. The summed E-state index contributed by atoms with van der Waals surface area (Å²) in [4.78, 5) is 13.2. The smallest absolute Gasteiger partial charge is 0.264 e. The minimum Gasteiger partial charge on any atom is -0.492 e. The van der Waals surface area contributed by atoms with Gasteiger partial charge < -0.3 is 10.1 Å². The van der Waals surface area contributed by atoms with E-state index < -0.39 is 15.9 Å². The van der Waals surface area contributed by atoms with Gasteiger partial charge in [0.25, 0.3) is 10.0 Å². The number of anilines is 1. The number of sulfonamides is 1. The molecule has 34 heavy (non-hydrogen) atoms. The van der Waals surface area contributed by atoms with Crippen molar-refractivity contribution >= 4 is 21.6 Å². The fourth-order valence-corrected chi connectivity index (χ4v) is 5.04. The fraction of sp³-hybridized carbons (Fsp3) is 0.296. The highest BCUT2D eigenvalue weighted by Crippen LogP contribution is 2.32. The summed E-state index contributed by atoms with van der Waals surface area (Å²) >= 11 is 0. The number of carbonyl (C=O) groups excluding carboxylic acids is 1. The van der Waals surface area contributed by atoms with E-state index in [0.717, 1.165) is 21.0 Å². The second kappa shape index (κ2) is 10.7. The van der Waals surface area contributed by atoms with Gasteiger partial charge in [-0.1, -0.05) is 48.0 Å². The summed E-state index contributed by atoms with van der Waals surface area (Å²) in [7, 11) is -4.03. The van der Waals surface area contributed by atoms with E-state index in [1.807, 2.05) is 52.8 Å². The Balaban J connectivity index is 1.94. The van der Waals surface area contributed by atoms with Crippen molar-refractivity contribution in [3.05, 3.63) is 89.0 Å². The van der Waals surface area contributed by atoms with Crippen molar-refractivity contribution in [3.8, 4) is 5.75 Å². The van der Waals surface area contributed by atoms with Crippen LogP contribution in [0.2, 0.25) is 0 Å². The summed E-state index contributed by atoms with van der Waals surface area (Å²) < 4.78 is 34.1.